The van der Waals surface area contributed by atoms with Gasteiger partial charge in [-0.1, -0.05) is 36.1 Å². The number of epoxide rings is 2. The van der Waals surface area contributed by atoms with Crippen molar-refractivity contribution in [2.75, 3.05) is 117 Å². The zero-order valence-corrected chi connectivity index (χ0v) is 81.2. The van der Waals surface area contributed by atoms with Gasteiger partial charge in [-0.15, -0.1) is 59.5 Å². The molecule has 5 atom stereocenters. The fraction of sp³-hybridized carbons (Fsp3) is 0.420. The summed E-state index contributed by atoms with van der Waals surface area (Å²) in [5.74, 6) is 7.05. The molecule has 3 aliphatic rings. The van der Waals surface area contributed by atoms with Gasteiger partial charge in [0.05, 0.1) is 79.4 Å². The Morgan fingerprint density at radius 1 is 0.430 bits per heavy atom. The van der Waals surface area contributed by atoms with Crippen molar-refractivity contribution in [3.8, 4) is 51.7 Å². The maximum Gasteiger partial charge on any atom is 0.416 e. The standard InChI is InChI=1S/C21H25F3O3S.C20H23F3O3S.C19H21F3O3S.C10H9F3O2.C10H12O2S.C7H5F3O.C4H8O.C3H5ClO.3CO2.3CH4/c1-4-11-26-20-10-9-19(12-15(20)2)28-14-18(25-3)13-27-17-7-5-16(6-8-17)21(22,23)24;1-3-10-25-19-9-8-18(11-14(19)2)27-13-16(24)12-26-17-6-4-15(5-7-17)20(21,22)23;1-13-10-17(8-9-18(13)24-3)26-12-16(23-2)11-25-15-6-4-14(5-7-15)19(20,21)22;11-10(12,13)7-1-3-8(4-2-7)14-5-9-6-15-9;1-7-5-9(13)3-4-10(7)12-6-8(2)11;8-7(9,10)5-1-3-6(11)4-2-5;1-2-4-5-3-1;4-1-3-2-5-3;3*2-1-3;;;/h5-10,12,18H,4,11,13-14H2,1-3H3;4-9,11,16,24H,3,10,12-13H2,1-2H3;4-10,16H,11-12H2,1-3H3;1-4,9H,5-6H2;3-5,13H,6H2,1-2H3;1-4,11H;1-4H2;3H,1-2H2;;;;3*1H4. The van der Waals surface area contributed by atoms with Crippen LogP contribution in [0.25, 0.3) is 0 Å². The number of ether oxygens (including phenoxy) is 13. The third kappa shape index (κ3) is 60.1. The van der Waals surface area contributed by atoms with Crippen molar-refractivity contribution in [1.29, 1.82) is 0 Å². The molecule has 0 amide bonds. The third-order valence-electron chi connectivity index (χ3n) is 17.6. The molecule has 42 heteroatoms. The fourth-order valence-corrected chi connectivity index (χ4v) is 13.7. The van der Waals surface area contributed by atoms with E-state index in [2.05, 4.69) is 25.6 Å². The minimum absolute atomic E-state index is 0. The van der Waals surface area contributed by atoms with Crippen molar-refractivity contribution in [2.24, 2.45) is 0 Å². The molecule has 3 fully saturated rings. The Balaban J connectivity index is 0. The number of thiol groups is 1. The molecule has 142 heavy (non-hydrogen) atoms. The van der Waals surface area contributed by atoms with E-state index in [1.807, 2.05) is 101 Å². The second-order valence-corrected chi connectivity index (χ2v) is 33.0. The number of rotatable bonds is 34. The largest absolute Gasteiger partial charge is 0.508 e. The summed E-state index contributed by atoms with van der Waals surface area (Å²) in [4.78, 5) is 63.5. The van der Waals surface area contributed by atoms with E-state index in [1.165, 1.54) is 80.1 Å². The molecule has 22 nitrogen and oxygen atoms in total. The summed E-state index contributed by atoms with van der Waals surface area (Å²) in [6.45, 7) is 19.5. The Kier molecular flexibility index (Phi) is 68.2. The van der Waals surface area contributed by atoms with Gasteiger partial charge >= 0.3 is 49.3 Å². The Morgan fingerprint density at radius 2 is 0.725 bits per heavy atom. The number of methoxy groups -OCH3 is 3. The van der Waals surface area contributed by atoms with Gasteiger partial charge in [0.25, 0.3) is 0 Å². The molecule has 3 saturated heterocycles. The highest BCUT2D eigenvalue weighted by Gasteiger charge is 2.34. The molecule has 0 aromatic heterocycles. The second kappa shape index (κ2) is 72.6. The normalized spacial score (nSPS) is 13.4. The molecule has 0 bridgehead atoms. The molecule has 2 N–H and O–H groups in total. The molecule has 9 aromatic carbocycles. The quantitative estimate of drug-likeness (QED) is 0.0111. The first-order valence-electron chi connectivity index (χ1n) is 41.8. The molecule has 788 valence electrons. The van der Waals surface area contributed by atoms with Gasteiger partial charge in [0.15, 0.2) is 5.78 Å². The summed E-state index contributed by atoms with van der Waals surface area (Å²) < 4.78 is 254. The fourth-order valence-electron chi connectivity index (χ4n) is 10.3. The van der Waals surface area contributed by atoms with Crippen molar-refractivity contribution >= 4 is 83.8 Å². The highest BCUT2D eigenvalue weighted by Crippen LogP contribution is 2.37. The molecular formula is C100H120ClF15O22S4. The van der Waals surface area contributed by atoms with Crippen molar-refractivity contribution in [2.45, 2.75) is 177 Å². The van der Waals surface area contributed by atoms with E-state index in [0.717, 1.165) is 170 Å². The van der Waals surface area contributed by atoms with Crippen LogP contribution < -0.4 is 37.9 Å². The smallest absolute Gasteiger partial charge is 0.416 e. The van der Waals surface area contributed by atoms with Crippen molar-refractivity contribution in [3.05, 3.63) is 244 Å². The van der Waals surface area contributed by atoms with Gasteiger partial charge < -0.3 is 71.8 Å². The molecule has 3 heterocycles. The van der Waals surface area contributed by atoms with E-state index < -0.39 is 64.8 Å². The summed E-state index contributed by atoms with van der Waals surface area (Å²) >= 11 is 14.2. The SMILES string of the molecule is C.C.C.C1CCOC1.CC(=O)COc1ccc(S)cc1C.CCCOc1ccc(SCC(COc2ccc(C(F)(F)F)cc2)OC)cc1C.CCCOc1ccc(SCC(O)COc2ccc(C(F)(F)F)cc2)cc1C.COc1ccc(SCC(COc2ccc(C(F)(F)F)cc2)OC)cc1C.ClCC1CO1.FC(F)(F)c1ccc(OCC2CO2)cc1.O=C=O.O=C=O.O=C=O.Oc1ccc(C(F)(F)F)cc1. The number of carbonyl (C=O) groups excluding carboxylic acids is 7. The van der Waals surface area contributed by atoms with Crippen LogP contribution in [0.1, 0.15) is 119 Å². The molecule has 5 unspecified atom stereocenters. The lowest BCUT2D eigenvalue weighted by Gasteiger charge is -2.17. The molecule has 9 aromatic rings. The van der Waals surface area contributed by atoms with Gasteiger partial charge in [0, 0.05) is 64.3 Å². The van der Waals surface area contributed by atoms with E-state index in [0.29, 0.717) is 78.7 Å². The zero-order chi connectivity index (χ0) is 104. The minimum Gasteiger partial charge on any atom is -0.508 e. The Hall–Kier alpha value is -10.6. The second-order valence-electron chi connectivity index (χ2n) is 28.9. The van der Waals surface area contributed by atoms with Crippen LogP contribution in [0.3, 0.4) is 0 Å². The minimum atomic E-state index is -4.37. The molecule has 0 saturated carbocycles. The Labute approximate surface area is 840 Å². The highest BCUT2D eigenvalue weighted by atomic mass is 35.5. The third-order valence-corrected chi connectivity index (χ3v) is 21.6. The number of hydrogen-bond acceptors (Lipinski definition) is 26. The van der Waals surface area contributed by atoms with E-state index in [9.17, 15) is 75.8 Å². The topological polar surface area (TPSA) is 287 Å². The van der Waals surface area contributed by atoms with Crippen molar-refractivity contribution in [3.63, 3.8) is 0 Å². The van der Waals surface area contributed by atoms with E-state index in [4.69, 9.17) is 107 Å². The lowest BCUT2D eigenvalue weighted by molar-refractivity contribution is -0.193. The van der Waals surface area contributed by atoms with Crippen LogP contribution in [0, 0.1) is 27.7 Å². The Bertz CT molecular complexity index is 4980. The first kappa shape index (κ1) is 133. The number of thioether (sulfide) groups is 3. The average molecular weight is 2120 g/mol. The summed E-state index contributed by atoms with van der Waals surface area (Å²) in [6, 6.07) is 45.4. The number of benzene rings is 9. The lowest BCUT2D eigenvalue weighted by Crippen LogP contribution is -2.22. The van der Waals surface area contributed by atoms with E-state index in [1.54, 1.807) is 44.9 Å². The molecule has 0 spiro atoms. The van der Waals surface area contributed by atoms with Crippen LogP contribution in [0.15, 0.2) is 214 Å². The lowest BCUT2D eigenvalue weighted by atomic mass is 10.2. The number of alkyl halides is 16. The molecule has 3 aliphatic heterocycles. The van der Waals surface area contributed by atoms with E-state index in [-0.39, 0.29) is 97.0 Å². The number of carbonyl (C=O) groups is 1. The van der Waals surface area contributed by atoms with Crippen molar-refractivity contribution < 1.29 is 171 Å². The number of halogens is 16. The number of aromatic hydroxyl groups is 1. The van der Waals surface area contributed by atoms with Crippen molar-refractivity contribution in [1.82, 2.24) is 0 Å². The number of Topliss-reactive ketones (excluding diaryl/α,β-unsaturated/α-hetero) is 1. The number of aryl methyl sites for hydroxylation is 4. The Morgan fingerprint density at radius 3 is 0.993 bits per heavy atom. The monoisotopic (exact) mass is 2120 g/mol. The number of phenolic OH excluding ortho intramolecular Hbond substituents is 1. The summed E-state index contributed by atoms with van der Waals surface area (Å²) in [6.07, 6.45) is -17.1. The highest BCUT2D eigenvalue weighted by molar-refractivity contribution is 7.99. The van der Waals surface area contributed by atoms with E-state index >= 15 is 0 Å². The molecule has 12 rings (SSSR count). The van der Waals surface area contributed by atoms with Crippen LogP contribution in [-0.4, -0.2) is 182 Å². The van der Waals surface area contributed by atoms with Gasteiger partial charge in [0.1, 0.15) is 103 Å². The maximum absolute atomic E-state index is 12.6. The number of phenols is 1. The summed E-state index contributed by atoms with van der Waals surface area (Å²) in [5.41, 5.74) is 0.609. The van der Waals surface area contributed by atoms with Crippen LogP contribution >= 0.6 is 59.5 Å². The van der Waals surface area contributed by atoms with Gasteiger partial charge in [-0.2, -0.15) is 94.6 Å². The predicted octanol–water partition coefficient (Wildman–Crippen LogP) is 25.3. The zero-order valence-electron chi connectivity index (χ0n) is 77.1. The van der Waals surface area contributed by atoms with Crippen LogP contribution in [0.2, 0.25) is 0 Å². The molecular weight excluding hydrogens is 2000 g/mol. The van der Waals surface area contributed by atoms with Crippen LogP contribution in [0.5, 0.6) is 51.7 Å². The van der Waals surface area contributed by atoms with Gasteiger partial charge in [-0.05, 0) is 277 Å². The van der Waals surface area contributed by atoms with Crippen LogP contribution in [-0.2, 0) is 88.1 Å². The number of ketones is 1. The first-order valence-corrected chi connectivity index (χ1v) is 45.8. The molecule has 0 aliphatic carbocycles. The summed E-state index contributed by atoms with van der Waals surface area (Å²) in [7, 11) is 4.81. The maximum atomic E-state index is 12.6. The first-order chi connectivity index (χ1) is 65.8. The van der Waals surface area contributed by atoms with Gasteiger partial charge in [-0.25, -0.2) is 0 Å². The predicted molar refractivity (Wildman–Crippen MR) is 512 cm³/mol. The average Bonchev–Trinajstić information content (AvgIpc) is 1.25. The molecule has 0 radical (unpaired) electrons. The number of aliphatic hydroxyl groups is 1. The number of aliphatic hydroxyl groups excluding tert-OH is 1. The van der Waals surface area contributed by atoms with Gasteiger partial charge in [-0.3, -0.25) is 4.79 Å². The van der Waals surface area contributed by atoms with Crippen LogP contribution in [0.4, 0.5) is 65.9 Å². The van der Waals surface area contributed by atoms with Gasteiger partial charge in [0.2, 0.25) is 0 Å². The summed E-state index contributed by atoms with van der Waals surface area (Å²) in [5, 5.41) is 18.7. The number of hydrogen-bond donors (Lipinski definition) is 3.